The highest BCUT2D eigenvalue weighted by Crippen LogP contribution is 2.27. The molecule has 1 aliphatic rings. The quantitative estimate of drug-likeness (QED) is 0.171. The second-order valence-electron chi connectivity index (χ2n) is 7.32. The van der Waals surface area contributed by atoms with Crippen LogP contribution in [-0.4, -0.2) is 11.9 Å². The Morgan fingerprint density at radius 1 is 0.875 bits per heavy atom. The lowest BCUT2D eigenvalue weighted by Gasteiger charge is -2.10. The molecule has 0 unspecified atom stereocenters. The van der Waals surface area contributed by atoms with Gasteiger partial charge in [-0.3, -0.25) is 0 Å². The molecule has 0 aliphatic carbocycles. The van der Waals surface area contributed by atoms with Gasteiger partial charge in [0.15, 0.2) is 5.70 Å². The number of fused-ring (bicyclic) bond motifs is 1. The van der Waals surface area contributed by atoms with Crippen LogP contribution < -0.4 is 4.74 Å². The highest BCUT2D eigenvalue weighted by atomic mass is 127. The maximum absolute atomic E-state index is 12.5. The van der Waals surface area contributed by atoms with Crippen LogP contribution >= 0.6 is 22.6 Å². The molecular weight excluding hydrogens is 513 g/mol. The lowest BCUT2D eigenvalue weighted by molar-refractivity contribution is -0.129. The second kappa shape index (κ2) is 8.96. The third-order valence-corrected chi connectivity index (χ3v) is 6.22. The number of esters is 1. The molecule has 0 fully saturated rings. The van der Waals surface area contributed by atoms with E-state index in [1.807, 2.05) is 91.0 Å². The molecule has 0 saturated carbocycles. The molecule has 0 spiro atoms. The number of para-hydroxylation sites is 1. The number of carbonyl (C=O) groups is 1. The fourth-order valence-electron chi connectivity index (χ4n) is 3.50. The van der Waals surface area contributed by atoms with Crippen LogP contribution in [-0.2, 0) is 16.1 Å². The molecule has 5 rings (SSSR count). The van der Waals surface area contributed by atoms with Crippen LogP contribution in [0, 0.1) is 3.57 Å². The summed E-state index contributed by atoms with van der Waals surface area (Å²) in [5, 5.41) is 2.19. The van der Waals surface area contributed by atoms with E-state index in [9.17, 15) is 4.79 Å². The number of cyclic esters (lactones) is 1. The molecule has 156 valence electrons. The second-order valence-corrected chi connectivity index (χ2v) is 8.48. The number of carbonyl (C=O) groups excluding carboxylic acids is 1. The summed E-state index contributed by atoms with van der Waals surface area (Å²) in [4.78, 5) is 17.0. The van der Waals surface area contributed by atoms with Crippen LogP contribution in [0.4, 0.5) is 0 Å². The van der Waals surface area contributed by atoms with Crippen molar-refractivity contribution < 1.29 is 14.3 Å². The lowest BCUT2D eigenvalue weighted by atomic mass is 10.1. The summed E-state index contributed by atoms with van der Waals surface area (Å²) < 4.78 is 12.7. The monoisotopic (exact) mass is 531 g/mol. The summed E-state index contributed by atoms with van der Waals surface area (Å²) in [6, 6.07) is 29.6. The van der Waals surface area contributed by atoms with Gasteiger partial charge in [-0.2, -0.15) is 0 Å². The summed E-state index contributed by atoms with van der Waals surface area (Å²) in [5.41, 5.74) is 2.89. The Morgan fingerprint density at radius 3 is 2.50 bits per heavy atom. The van der Waals surface area contributed by atoms with Gasteiger partial charge in [-0.15, -0.1) is 0 Å². The van der Waals surface area contributed by atoms with Gasteiger partial charge in [0.25, 0.3) is 0 Å². The SMILES string of the molecule is O=C1OC(c2ccc3ccccc3c2)=N/C1=C\c1ccccc1OCc1ccccc1I. The molecule has 4 nitrogen and oxygen atoms in total. The standard InChI is InChI=1S/C27H18INO3/c28-23-11-5-3-10-22(23)17-31-25-12-6-4-9-20(25)16-24-27(30)32-26(29-24)21-14-13-18-7-1-2-8-19(18)15-21/h1-16H,17H2/b24-16-. The van der Waals surface area contributed by atoms with Gasteiger partial charge < -0.3 is 9.47 Å². The van der Waals surface area contributed by atoms with E-state index in [1.54, 1.807) is 6.08 Å². The molecule has 0 aromatic heterocycles. The molecule has 0 bridgehead atoms. The summed E-state index contributed by atoms with van der Waals surface area (Å²) >= 11 is 2.30. The van der Waals surface area contributed by atoms with Crippen LogP contribution in [0.3, 0.4) is 0 Å². The van der Waals surface area contributed by atoms with E-state index >= 15 is 0 Å². The summed E-state index contributed by atoms with van der Waals surface area (Å²) in [6.07, 6.45) is 1.71. The Kier molecular flexibility index (Phi) is 5.73. The van der Waals surface area contributed by atoms with Crippen molar-refractivity contribution in [3.05, 3.63) is 117 Å². The number of nitrogens with zero attached hydrogens (tertiary/aromatic N) is 1. The molecular formula is C27H18INO3. The number of ether oxygens (including phenoxy) is 2. The third kappa shape index (κ3) is 4.29. The van der Waals surface area contributed by atoms with E-state index < -0.39 is 5.97 Å². The molecule has 0 N–H and O–H groups in total. The van der Waals surface area contributed by atoms with Crippen molar-refractivity contribution in [2.45, 2.75) is 6.61 Å². The minimum absolute atomic E-state index is 0.249. The smallest absolute Gasteiger partial charge is 0.363 e. The largest absolute Gasteiger partial charge is 0.488 e. The maximum Gasteiger partial charge on any atom is 0.363 e. The van der Waals surface area contributed by atoms with Gasteiger partial charge in [-0.25, -0.2) is 9.79 Å². The topological polar surface area (TPSA) is 47.9 Å². The zero-order chi connectivity index (χ0) is 21.9. The van der Waals surface area contributed by atoms with Crippen LogP contribution in [0.1, 0.15) is 16.7 Å². The zero-order valence-electron chi connectivity index (χ0n) is 17.0. The van der Waals surface area contributed by atoms with E-state index in [1.165, 1.54) is 0 Å². The Labute approximate surface area is 199 Å². The molecule has 5 heteroatoms. The van der Waals surface area contributed by atoms with E-state index in [4.69, 9.17) is 9.47 Å². The average molecular weight is 531 g/mol. The fraction of sp³-hybridized carbons (Fsp3) is 0.0370. The Morgan fingerprint density at radius 2 is 1.62 bits per heavy atom. The summed E-state index contributed by atoms with van der Waals surface area (Å²) in [6.45, 7) is 0.440. The molecule has 0 amide bonds. The Hall–Kier alpha value is -3.45. The molecule has 4 aromatic rings. The Bertz CT molecular complexity index is 1390. The van der Waals surface area contributed by atoms with E-state index in [0.29, 0.717) is 18.3 Å². The Balaban J connectivity index is 1.42. The molecule has 4 aromatic carbocycles. The summed E-state index contributed by atoms with van der Waals surface area (Å²) in [7, 11) is 0. The van der Waals surface area contributed by atoms with Crippen LogP contribution in [0.2, 0.25) is 0 Å². The predicted molar refractivity (Wildman–Crippen MR) is 134 cm³/mol. The number of aliphatic imine (C=N–C) groups is 1. The van der Waals surface area contributed by atoms with Gasteiger partial charge in [0.1, 0.15) is 12.4 Å². The molecule has 1 heterocycles. The van der Waals surface area contributed by atoms with Crippen molar-refractivity contribution in [3.8, 4) is 5.75 Å². The molecule has 0 atom stereocenters. The number of benzene rings is 4. The van der Waals surface area contributed by atoms with Crippen LogP contribution in [0.25, 0.3) is 16.8 Å². The first-order valence-electron chi connectivity index (χ1n) is 10.1. The minimum Gasteiger partial charge on any atom is -0.488 e. The van der Waals surface area contributed by atoms with Gasteiger partial charge in [0.2, 0.25) is 5.90 Å². The average Bonchev–Trinajstić information content (AvgIpc) is 3.19. The number of hydrogen-bond acceptors (Lipinski definition) is 4. The highest BCUT2D eigenvalue weighted by Gasteiger charge is 2.24. The van der Waals surface area contributed by atoms with E-state index in [0.717, 1.165) is 31.0 Å². The van der Waals surface area contributed by atoms with Crippen molar-refractivity contribution in [2.75, 3.05) is 0 Å². The molecule has 32 heavy (non-hydrogen) atoms. The van der Waals surface area contributed by atoms with Crippen LogP contribution in [0.15, 0.2) is 102 Å². The molecule has 0 radical (unpaired) electrons. The van der Waals surface area contributed by atoms with E-state index in [2.05, 4.69) is 27.6 Å². The maximum atomic E-state index is 12.5. The first kappa shape index (κ1) is 20.5. The first-order chi connectivity index (χ1) is 15.7. The highest BCUT2D eigenvalue weighted by molar-refractivity contribution is 14.1. The van der Waals surface area contributed by atoms with Gasteiger partial charge in [0, 0.05) is 20.3 Å². The van der Waals surface area contributed by atoms with Gasteiger partial charge in [-0.1, -0.05) is 66.7 Å². The van der Waals surface area contributed by atoms with Crippen molar-refractivity contribution in [3.63, 3.8) is 0 Å². The van der Waals surface area contributed by atoms with Gasteiger partial charge in [0.05, 0.1) is 0 Å². The van der Waals surface area contributed by atoms with Crippen molar-refractivity contribution in [1.29, 1.82) is 0 Å². The number of rotatable bonds is 5. The van der Waals surface area contributed by atoms with Crippen LogP contribution in [0.5, 0.6) is 5.75 Å². The van der Waals surface area contributed by atoms with E-state index in [-0.39, 0.29) is 5.70 Å². The number of hydrogen-bond donors (Lipinski definition) is 0. The predicted octanol–water partition coefficient (Wildman–Crippen LogP) is 6.37. The fourth-order valence-corrected chi connectivity index (χ4v) is 4.05. The van der Waals surface area contributed by atoms with Gasteiger partial charge >= 0.3 is 5.97 Å². The van der Waals surface area contributed by atoms with Crippen molar-refractivity contribution in [2.24, 2.45) is 4.99 Å². The lowest BCUT2D eigenvalue weighted by Crippen LogP contribution is -2.05. The minimum atomic E-state index is -0.472. The third-order valence-electron chi connectivity index (χ3n) is 5.17. The van der Waals surface area contributed by atoms with Crippen molar-refractivity contribution in [1.82, 2.24) is 0 Å². The first-order valence-corrected chi connectivity index (χ1v) is 11.2. The molecule has 0 saturated heterocycles. The normalized spacial score (nSPS) is 14.5. The number of halogens is 1. The zero-order valence-corrected chi connectivity index (χ0v) is 19.2. The van der Waals surface area contributed by atoms with Crippen molar-refractivity contribution >= 4 is 51.3 Å². The summed E-state index contributed by atoms with van der Waals surface area (Å²) in [5.74, 6) is 0.520. The molecule has 1 aliphatic heterocycles. The van der Waals surface area contributed by atoms with Gasteiger partial charge in [-0.05, 0) is 63.7 Å².